The predicted octanol–water partition coefficient (Wildman–Crippen LogP) is 2.38. The molecule has 6 nitrogen and oxygen atoms in total. The average molecular weight is 341 g/mol. The van der Waals surface area contributed by atoms with Crippen LogP contribution in [-0.2, 0) is 4.79 Å². The first-order valence-corrected chi connectivity index (χ1v) is 9.01. The number of hydrogen-bond donors (Lipinski definition) is 2. The smallest absolute Gasteiger partial charge is 0.233 e. The van der Waals surface area contributed by atoms with Gasteiger partial charge in [-0.25, -0.2) is 9.97 Å². The summed E-state index contributed by atoms with van der Waals surface area (Å²) >= 11 is 0. The van der Waals surface area contributed by atoms with Gasteiger partial charge in [-0.3, -0.25) is 9.69 Å². The van der Waals surface area contributed by atoms with Gasteiger partial charge in [-0.05, 0) is 36.5 Å². The summed E-state index contributed by atoms with van der Waals surface area (Å²) < 4.78 is 0. The van der Waals surface area contributed by atoms with Gasteiger partial charge in [0.1, 0.15) is 12.1 Å². The Morgan fingerprint density at radius 1 is 1.28 bits per heavy atom. The van der Waals surface area contributed by atoms with Crippen molar-refractivity contribution in [3.05, 3.63) is 30.1 Å². The van der Waals surface area contributed by atoms with Gasteiger partial charge in [-0.1, -0.05) is 19.9 Å². The Kier molecular flexibility index (Phi) is 5.48. The fourth-order valence-electron chi connectivity index (χ4n) is 3.26. The minimum absolute atomic E-state index is 0.0782. The number of likely N-dealkylation sites (tertiary alicyclic amines) is 1. The van der Waals surface area contributed by atoms with E-state index in [1.807, 2.05) is 0 Å². The summed E-state index contributed by atoms with van der Waals surface area (Å²) in [4.78, 5) is 22.6. The highest BCUT2D eigenvalue weighted by Crippen LogP contribution is 2.26. The molecule has 0 radical (unpaired) electrons. The van der Waals surface area contributed by atoms with E-state index in [1.165, 1.54) is 5.56 Å². The Hall–Kier alpha value is -2.21. The van der Waals surface area contributed by atoms with E-state index in [1.54, 1.807) is 13.4 Å². The largest absolute Gasteiger partial charge is 0.367 e. The summed E-state index contributed by atoms with van der Waals surface area (Å²) in [6.07, 6.45) is 3.64. The van der Waals surface area contributed by atoms with Crippen molar-refractivity contribution in [2.45, 2.75) is 38.6 Å². The van der Waals surface area contributed by atoms with E-state index < -0.39 is 0 Å². The molecule has 2 heterocycles. The van der Waals surface area contributed by atoms with Crippen LogP contribution in [0.5, 0.6) is 0 Å². The van der Waals surface area contributed by atoms with Crippen molar-refractivity contribution in [2.75, 3.05) is 32.0 Å². The highest BCUT2D eigenvalue weighted by atomic mass is 16.1. The molecule has 6 heteroatoms. The van der Waals surface area contributed by atoms with Gasteiger partial charge >= 0.3 is 0 Å². The van der Waals surface area contributed by atoms with Gasteiger partial charge in [-0.2, -0.15) is 0 Å². The normalized spacial score (nSPS) is 16.3. The minimum atomic E-state index is 0.0782. The molecule has 1 aromatic heterocycles. The zero-order valence-electron chi connectivity index (χ0n) is 15.2. The van der Waals surface area contributed by atoms with Gasteiger partial charge in [-0.15, -0.1) is 0 Å². The van der Waals surface area contributed by atoms with Crippen molar-refractivity contribution in [1.82, 2.24) is 20.2 Å². The molecule has 2 aromatic rings. The maximum absolute atomic E-state index is 11.5. The summed E-state index contributed by atoms with van der Waals surface area (Å²) in [6, 6.07) is 6.79. The lowest BCUT2D eigenvalue weighted by Crippen LogP contribution is -2.43. The molecule has 1 aliphatic heterocycles. The van der Waals surface area contributed by atoms with Crippen LogP contribution < -0.4 is 10.6 Å². The second kappa shape index (κ2) is 7.78. The highest BCUT2D eigenvalue weighted by molar-refractivity contribution is 5.89. The van der Waals surface area contributed by atoms with Crippen LogP contribution in [0.4, 0.5) is 5.82 Å². The Morgan fingerprint density at radius 3 is 2.72 bits per heavy atom. The highest BCUT2D eigenvalue weighted by Gasteiger charge is 2.21. The summed E-state index contributed by atoms with van der Waals surface area (Å²) in [5.41, 5.74) is 2.27. The monoisotopic (exact) mass is 341 g/mol. The SMILES string of the molecule is CNC(=O)CN1CCC(Nc2ncnc3ccc(C(C)C)cc23)CC1. The number of anilines is 1. The lowest BCUT2D eigenvalue weighted by molar-refractivity contribution is -0.122. The lowest BCUT2D eigenvalue weighted by Gasteiger charge is -2.32. The second-order valence-corrected chi connectivity index (χ2v) is 7.02. The first-order valence-electron chi connectivity index (χ1n) is 9.01. The molecule has 0 bridgehead atoms. The molecule has 0 unspecified atom stereocenters. The van der Waals surface area contributed by atoms with Crippen molar-refractivity contribution >= 4 is 22.6 Å². The molecule has 0 atom stereocenters. The van der Waals surface area contributed by atoms with Crippen LogP contribution in [0.1, 0.15) is 38.2 Å². The molecule has 1 aromatic carbocycles. The molecular formula is C19H27N5O. The number of benzene rings is 1. The number of nitrogens with one attached hydrogen (secondary N) is 2. The summed E-state index contributed by atoms with van der Waals surface area (Å²) in [7, 11) is 1.68. The molecular weight excluding hydrogens is 314 g/mol. The van der Waals surface area contributed by atoms with Gasteiger partial charge in [0.25, 0.3) is 0 Å². The molecule has 1 aliphatic rings. The fourth-order valence-corrected chi connectivity index (χ4v) is 3.26. The van der Waals surface area contributed by atoms with E-state index in [9.17, 15) is 4.79 Å². The minimum Gasteiger partial charge on any atom is -0.367 e. The van der Waals surface area contributed by atoms with Gasteiger partial charge in [0, 0.05) is 31.6 Å². The van der Waals surface area contributed by atoms with E-state index in [2.05, 4.69) is 57.5 Å². The predicted molar refractivity (Wildman–Crippen MR) is 101 cm³/mol. The average Bonchev–Trinajstić information content (AvgIpc) is 2.63. The van der Waals surface area contributed by atoms with E-state index >= 15 is 0 Å². The number of likely N-dealkylation sites (N-methyl/N-ethyl adjacent to an activating group) is 1. The first-order chi connectivity index (χ1) is 12.1. The number of hydrogen-bond acceptors (Lipinski definition) is 5. The molecule has 0 saturated carbocycles. The first kappa shape index (κ1) is 17.6. The van der Waals surface area contributed by atoms with Gasteiger partial charge < -0.3 is 10.6 Å². The van der Waals surface area contributed by atoms with Crippen LogP contribution in [0.25, 0.3) is 10.9 Å². The Bertz CT molecular complexity index is 738. The van der Waals surface area contributed by atoms with Crippen LogP contribution >= 0.6 is 0 Å². The van der Waals surface area contributed by atoms with Gasteiger partial charge in [0.15, 0.2) is 0 Å². The van der Waals surface area contributed by atoms with Gasteiger partial charge in [0.2, 0.25) is 5.91 Å². The van der Waals surface area contributed by atoms with Crippen molar-refractivity contribution in [2.24, 2.45) is 0 Å². The maximum Gasteiger partial charge on any atom is 0.233 e. The zero-order chi connectivity index (χ0) is 17.8. The third kappa shape index (κ3) is 4.25. The van der Waals surface area contributed by atoms with Crippen LogP contribution in [0.15, 0.2) is 24.5 Å². The van der Waals surface area contributed by atoms with Crippen molar-refractivity contribution in [1.29, 1.82) is 0 Å². The van der Waals surface area contributed by atoms with Crippen molar-refractivity contribution in [3.8, 4) is 0 Å². The molecule has 3 rings (SSSR count). The Labute approximate surface area is 149 Å². The summed E-state index contributed by atoms with van der Waals surface area (Å²) in [5, 5.41) is 7.37. The quantitative estimate of drug-likeness (QED) is 0.874. The third-order valence-corrected chi connectivity index (χ3v) is 4.90. The molecule has 1 fully saturated rings. The maximum atomic E-state index is 11.5. The van der Waals surface area contributed by atoms with Gasteiger partial charge in [0.05, 0.1) is 12.1 Å². The topological polar surface area (TPSA) is 70.2 Å². The number of piperidine rings is 1. The molecule has 25 heavy (non-hydrogen) atoms. The number of fused-ring (bicyclic) bond motifs is 1. The fraction of sp³-hybridized carbons (Fsp3) is 0.526. The number of carbonyl (C=O) groups excluding carboxylic acids is 1. The van der Waals surface area contributed by atoms with Crippen LogP contribution in [0, 0.1) is 0 Å². The Balaban J connectivity index is 1.69. The van der Waals surface area contributed by atoms with Crippen molar-refractivity contribution in [3.63, 3.8) is 0 Å². The van der Waals surface area contributed by atoms with Crippen molar-refractivity contribution < 1.29 is 4.79 Å². The zero-order valence-corrected chi connectivity index (χ0v) is 15.2. The number of carbonyl (C=O) groups is 1. The standard InChI is InChI=1S/C19H27N5O/c1-13(2)14-4-5-17-16(10-14)19(22-12-21-17)23-15-6-8-24(9-7-15)11-18(25)20-3/h4-5,10,12-13,15H,6-9,11H2,1-3H3,(H,20,25)(H,21,22,23). The summed E-state index contributed by atoms with van der Waals surface area (Å²) in [5.74, 6) is 1.47. The van der Waals surface area contributed by atoms with Crippen LogP contribution in [-0.4, -0.2) is 53.5 Å². The second-order valence-electron chi connectivity index (χ2n) is 7.02. The summed E-state index contributed by atoms with van der Waals surface area (Å²) in [6.45, 7) is 6.72. The van der Waals surface area contributed by atoms with E-state index in [0.29, 0.717) is 18.5 Å². The lowest BCUT2D eigenvalue weighted by atomic mass is 10.0. The molecule has 134 valence electrons. The number of nitrogens with zero attached hydrogens (tertiary/aromatic N) is 3. The van der Waals surface area contributed by atoms with Crippen LogP contribution in [0.3, 0.4) is 0 Å². The molecule has 1 saturated heterocycles. The number of rotatable bonds is 5. The molecule has 0 spiro atoms. The molecule has 0 aliphatic carbocycles. The van der Waals surface area contributed by atoms with E-state index in [0.717, 1.165) is 42.7 Å². The van der Waals surface area contributed by atoms with Crippen LogP contribution in [0.2, 0.25) is 0 Å². The number of aromatic nitrogens is 2. The van der Waals surface area contributed by atoms with E-state index in [4.69, 9.17) is 0 Å². The third-order valence-electron chi connectivity index (χ3n) is 4.90. The number of amides is 1. The van der Waals surface area contributed by atoms with E-state index in [-0.39, 0.29) is 5.91 Å². The molecule has 1 amide bonds. The Morgan fingerprint density at radius 2 is 2.04 bits per heavy atom. The molecule has 2 N–H and O–H groups in total.